The molecular weight excluding hydrogens is 464 g/mol. The van der Waals surface area contributed by atoms with Crippen LogP contribution in [0.1, 0.15) is 28.4 Å². The second kappa shape index (κ2) is 11.9. The molecule has 0 heterocycles. The molecule has 10 heteroatoms. The summed E-state index contributed by atoms with van der Waals surface area (Å²) in [5.74, 6) is -0.234. The Hall–Kier alpha value is -4.99. The number of hydrogen-bond acceptors (Lipinski definition) is 7. The van der Waals surface area contributed by atoms with Gasteiger partial charge in [-0.3, -0.25) is 19.7 Å². The number of rotatable bonds is 9. The van der Waals surface area contributed by atoms with Crippen molar-refractivity contribution in [3.8, 4) is 11.5 Å². The molecule has 0 aliphatic rings. The van der Waals surface area contributed by atoms with Crippen molar-refractivity contribution in [1.29, 1.82) is 0 Å². The van der Waals surface area contributed by atoms with E-state index >= 15 is 0 Å². The van der Waals surface area contributed by atoms with Crippen molar-refractivity contribution in [3.63, 3.8) is 0 Å². The van der Waals surface area contributed by atoms with Crippen LogP contribution in [0.5, 0.6) is 11.5 Å². The highest BCUT2D eigenvalue weighted by Gasteiger charge is 2.16. The van der Waals surface area contributed by atoms with Crippen LogP contribution in [-0.4, -0.2) is 36.7 Å². The number of nitro groups is 1. The van der Waals surface area contributed by atoms with Crippen LogP contribution in [0.2, 0.25) is 0 Å². The van der Waals surface area contributed by atoms with Crippen molar-refractivity contribution in [2.75, 3.05) is 14.2 Å². The molecule has 36 heavy (non-hydrogen) atoms. The largest absolute Gasteiger partial charge is 0.493 e. The third kappa shape index (κ3) is 6.54. The van der Waals surface area contributed by atoms with E-state index in [-0.39, 0.29) is 11.4 Å². The summed E-state index contributed by atoms with van der Waals surface area (Å²) in [4.78, 5) is 36.3. The highest BCUT2D eigenvalue weighted by molar-refractivity contribution is 6.06. The van der Waals surface area contributed by atoms with E-state index in [0.29, 0.717) is 33.9 Å². The lowest BCUT2D eigenvalue weighted by Crippen LogP contribution is -2.33. The average Bonchev–Trinajstić information content (AvgIpc) is 2.91. The molecule has 3 aromatic rings. The smallest absolute Gasteiger partial charge is 0.287 e. The van der Waals surface area contributed by atoms with Gasteiger partial charge in [-0.1, -0.05) is 36.4 Å². The third-order valence-corrected chi connectivity index (χ3v) is 5.05. The summed E-state index contributed by atoms with van der Waals surface area (Å²) >= 11 is 0. The van der Waals surface area contributed by atoms with Gasteiger partial charge in [0, 0.05) is 23.3 Å². The minimum absolute atomic E-state index is 0.0772. The Morgan fingerprint density at radius 2 is 1.61 bits per heavy atom. The Bertz CT molecular complexity index is 1340. The molecule has 2 N–H and O–H groups in total. The van der Waals surface area contributed by atoms with Crippen LogP contribution in [0, 0.1) is 10.1 Å². The maximum atomic E-state index is 13.0. The number of ether oxygens (including phenoxy) is 2. The monoisotopic (exact) mass is 488 g/mol. The average molecular weight is 489 g/mol. The fourth-order valence-electron chi connectivity index (χ4n) is 3.16. The van der Waals surface area contributed by atoms with Gasteiger partial charge >= 0.3 is 0 Å². The molecule has 0 bridgehead atoms. The summed E-state index contributed by atoms with van der Waals surface area (Å²) in [5.41, 5.74) is 3.94. The number of carbonyl (C=O) groups is 2. The topological polar surface area (TPSA) is 132 Å². The molecular formula is C26H24N4O6. The highest BCUT2D eigenvalue weighted by Crippen LogP contribution is 2.28. The van der Waals surface area contributed by atoms with Crippen LogP contribution >= 0.6 is 0 Å². The van der Waals surface area contributed by atoms with Gasteiger partial charge in [-0.05, 0) is 42.8 Å². The number of nitro benzene ring substituents is 1. The second-order valence-electron chi connectivity index (χ2n) is 7.44. The number of non-ortho nitro benzene ring substituents is 1. The van der Waals surface area contributed by atoms with Gasteiger partial charge in [-0.25, -0.2) is 5.43 Å². The molecule has 3 aromatic carbocycles. The number of nitrogens with zero attached hydrogens (tertiary/aromatic N) is 2. The number of amides is 2. The second-order valence-corrected chi connectivity index (χ2v) is 7.44. The summed E-state index contributed by atoms with van der Waals surface area (Å²) < 4.78 is 10.6. The Morgan fingerprint density at radius 3 is 2.28 bits per heavy atom. The van der Waals surface area contributed by atoms with E-state index in [1.807, 2.05) is 0 Å². The van der Waals surface area contributed by atoms with Crippen LogP contribution in [0.25, 0.3) is 6.08 Å². The first-order valence-corrected chi connectivity index (χ1v) is 10.7. The summed E-state index contributed by atoms with van der Waals surface area (Å²) in [6, 6.07) is 19.3. The van der Waals surface area contributed by atoms with Crippen molar-refractivity contribution in [2.45, 2.75) is 6.92 Å². The molecule has 2 amide bonds. The molecule has 184 valence electrons. The van der Waals surface area contributed by atoms with E-state index in [2.05, 4.69) is 15.8 Å². The minimum atomic E-state index is -0.696. The summed E-state index contributed by atoms with van der Waals surface area (Å²) in [5, 5.41) is 17.7. The molecule has 0 aromatic heterocycles. The molecule has 0 radical (unpaired) electrons. The molecule has 0 unspecified atom stereocenters. The first-order valence-electron chi connectivity index (χ1n) is 10.7. The van der Waals surface area contributed by atoms with Gasteiger partial charge in [0.2, 0.25) is 0 Å². The van der Waals surface area contributed by atoms with Crippen molar-refractivity contribution in [1.82, 2.24) is 10.7 Å². The van der Waals surface area contributed by atoms with E-state index in [4.69, 9.17) is 9.47 Å². The van der Waals surface area contributed by atoms with Crippen LogP contribution in [0.3, 0.4) is 0 Å². The normalized spacial score (nSPS) is 11.4. The third-order valence-electron chi connectivity index (χ3n) is 5.05. The highest BCUT2D eigenvalue weighted by atomic mass is 16.6. The lowest BCUT2D eigenvalue weighted by molar-refractivity contribution is -0.384. The predicted octanol–water partition coefficient (Wildman–Crippen LogP) is 3.92. The van der Waals surface area contributed by atoms with Crippen LogP contribution in [0.4, 0.5) is 5.69 Å². The molecule has 0 spiro atoms. The Morgan fingerprint density at radius 1 is 0.917 bits per heavy atom. The predicted molar refractivity (Wildman–Crippen MR) is 135 cm³/mol. The van der Waals surface area contributed by atoms with Crippen molar-refractivity contribution in [3.05, 3.63) is 105 Å². The van der Waals surface area contributed by atoms with Crippen LogP contribution in [-0.2, 0) is 4.79 Å². The lowest BCUT2D eigenvalue weighted by Gasteiger charge is -2.11. The molecule has 0 saturated carbocycles. The first-order chi connectivity index (χ1) is 17.3. The number of benzene rings is 3. The zero-order valence-corrected chi connectivity index (χ0v) is 19.8. The van der Waals surface area contributed by atoms with Crippen molar-refractivity contribution >= 4 is 29.3 Å². The quantitative estimate of drug-likeness (QED) is 0.203. The van der Waals surface area contributed by atoms with Gasteiger partial charge in [0.15, 0.2) is 11.5 Å². The van der Waals surface area contributed by atoms with E-state index in [1.165, 1.54) is 38.5 Å². The number of hydrazone groups is 1. The Balaban J connectivity index is 1.91. The summed E-state index contributed by atoms with van der Waals surface area (Å²) in [6.45, 7) is 1.60. The Labute approximate surface area is 207 Å². The van der Waals surface area contributed by atoms with Gasteiger partial charge in [-0.15, -0.1) is 0 Å². The fourth-order valence-corrected chi connectivity index (χ4v) is 3.16. The zero-order chi connectivity index (χ0) is 26.1. The maximum Gasteiger partial charge on any atom is 0.287 e. The summed E-state index contributed by atoms with van der Waals surface area (Å²) in [6.07, 6.45) is 1.47. The molecule has 0 saturated heterocycles. The SMILES string of the molecule is COc1ccc(/C=C(/NC(=O)c2ccccc2)C(=O)N/N=C(\C)c2cccc([N+](=O)[O-])c2)cc1OC. The summed E-state index contributed by atoms with van der Waals surface area (Å²) in [7, 11) is 3.00. The van der Waals surface area contributed by atoms with Gasteiger partial charge in [0.25, 0.3) is 17.5 Å². The number of methoxy groups -OCH3 is 2. The number of nitrogens with one attached hydrogen (secondary N) is 2. The molecule has 0 aliphatic heterocycles. The van der Waals surface area contributed by atoms with E-state index < -0.39 is 16.7 Å². The Kier molecular flexibility index (Phi) is 8.49. The standard InChI is InChI=1S/C26H24N4O6/c1-17(20-10-7-11-21(16-20)30(33)34)28-29-26(32)22(27-25(31)19-8-5-4-6-9-19)14-18-12-13-23(35-2)24(15-18)36-3/h4-16H,1-3H3,(H,27,31)(H,29,32)/b22-14+,28-17+. The number of carbonyl (C=O) groups excluding carboxylic acids is 2. The van der Waals surface area contributed by atoms with Gasteiger partial charge in [0.1, 0.15) is 5.70 Å². The van der Waals surface area contributed by atoms with Crippen molar-refractivity contribution < 1.29 is 24.0 Å². The van der Waals surface area contributed by atoms with Crippen molar-refractivity contribution in [2.24, 2.45) is 5.10 Å². The number of hydrogen-bond donors (Lipinski definition) is 2. The van der Waals surface area contributed by atoms with E-state index in [0.717, 1.165) is 0 Å². The van der Waals surface area contributed by atoms with E-state index in [9.17, 15) is 19.7 Å². The molecule has 10 nitrogen and oxygen atoms in total. The zero-order valence-electron chi connectivity index (χ0n) is 19.8. The molecule has 0 aliphatic carbocycles. The minimum Gasteiger partial charge on any atom is -0.493 e. The molecule has 0 fully saturated rings. The lowest BCUT2D eigenvalue weighted by atomic mass is 10.1. The maximum absolute atomic E-state index is 13.0. The van der Waals surface area contributed by atoms with Gasteiger partial charge in [-0.2, -0.15) is 5.10 Å². The van der Waals surface area contributed by atoms with Gasteiger partial charge < -0.3 is 14.8 Å². The van der Waals surface area contributed by atoms with Gasteiger partial charge in [0.05, 0.1) is 24.9 Å². The first kappa shape index (κ1) is 25.6. The van der Waals surface area contributed by atoms with E-state index in [1.54, 1.807) is 61.5 Å². The van der Waals surface area contributed by atoms with Crippen LogP contribution < -0.4 is 20.2 Å². The molecule has 0 atom stereocenters. The fraction of sp³-hybridized carbons (Fsp3) is 0.115. The van der Waals surface area contributed by atoms with Crippen LogP contribution in [0.15, 0.2) is 83.6 Å². The molecule has 3 rings (SSSR count).